The van der Waals surface area contributed by atoms with Crippen LogP contribution in [0.2, 0.25) is 0 Å². The lowest BCUT2D eigenvalue weighted by Gasteiger charge is -2.07. The molecule has 1 unspecified atom stereocenters. The lowest BCUT2D eigenvalue weighted by molar-refractivity contribution is -0.116. The molecule has 4 rings (SSSR count). The van der Waals surface area contributed by atoms with Crippen molar-refractivity contribution in [1.82, 2.24) is 28.9 Å². The van der Waals surface area contributed by atoms with Gasteiger partial charge >= 0.3 is 0 Å². The van der Waals surface area contributed by atoms with Crippen molar-refractivity contribution in [3.8, 4) is 11.3 Å². The van der Waals surface area contributed by atoms with E-state index in [1.165, 1.54) is 24.4 Å². The van der Waals surface area contributed by atoms with Crippen LogP contribution in [0, 0.1) is 12.8 Å². The van der Waals surface area contributed by atoms with E-state index in [-0.39, 0.29) is 5.78 Å². The smallest absolute Gasteiger partial charge is 0.180 e. The number of nitrogens with one attached hydrogen (secondary N) is 2. The molecule has 9 nitrogen and oxygen atoms in total. The highest BCUT2D eigenvalue weighted by Crippen LogP contribution is 2.27. The molecule has 4 aromatic rings. The van der Waals surface area contributed by atoms with Gasteiger partial charge in [0.05, 0.1) is 29.5 Å². The third-order valence-electron chi connectivity index (χ3n) is 5.44. The molecule has 4 aromatic heterocycles. The fraction of sp³-hybridized carbons (Fsp3) is 0.480. The molecule has 0 radical (unpaired) electrons. The normalized spacial score (nSPS) is 11.8. The molecule has 4 heterocycles. The van der Waals surface area contributed by atoms with Crippen LogP contribution in [0.15, 0.2) is 30.9 Å². The molecule has 0 aliphatic heterocycles. The maximum atomic E-state index is 11.2. The molecule has 0 saturated heterocycles. The van der Waals surface area contributed by atoms with Crippen LogP contribution in [-0.2, 0) is 16.0 Å². The van der Waals surface area contributed by atoms with Crippen molar-refractivity contribution >= 4 is 33.8 Å². The number of carbonyl (C=O) groups is 1. The molecule has 188 valence electrons. The molecule has 0 saturated carbocycles. The van der Waals surface area contributed by atoms with Crippen molar-refractivity contribution in [2.45, 2.75) is 60.3 Å². The summed E-state index contributed by atoms with van der Waals surface area (Å²) in [5.74, 6) is 1.57. The minimum absolute atomic E-state index is 0.0888. The fourth-order valence-corrected chi connectivity index (χ4v) is 4.02. The summed E-state index contributed by atoms with van der Waals surface area (Å²) in [6, 6.07) is 1.87. The minimum Gasteiger partial charge on any atom is -0.381 e. The number of nitrogens with zero attached hydrogens (tertiary/aromatic N) is 5. The Balaban J connectivity index is 0.000000292. The van der Waals surface area contributed by atoms with Crippen molar-refractivity contribution in [3.63, 3.8) is 0 Å². The van der Waals surface area contributed by atoms with Gasteiger partial charge in [-0.2, -0.15) is 9.47 Å². The molecule has 0 amide bonds. The quantitative estimate of drug-likeness (QED) is 0.259. The summed E-state index contributed by atoms with van der Waals surface area (Å²) in [6.45, 7) is 12.0. The second-order valence-corrected chi connectivity index (χ2v) is 9.46. The summed E-state index contributed by atoms with van der Waals surface area (Å²) < 4.78 is 11.6. The van der Waals surface area contributed by atoms with E-state index in [0.29, 0.717) is 17.9 Å². The summed E-state index contributed by atoms with van der Waals surface area (Å²) in [4.78, 5) is 20.3. The van der Waals surface area contributed by atoms with Crippen molar-refractivity contribution in [3.05, 3.63) is 42.2 Å². The topological polar surface area (TPSA) is 110 Å². The Hall–Kier alpha value is -3.11. The molecule has 0 aromatic carbocycles. The van der Waals surface area contributed by atoms with Crippen LogP contribution >= 0.6 is 11.5 Å². The van der Waals surface area contributed by atoms with Gasteiger partial charge in [-0.3, -0.25) is 14.3 Å². The van der Waals surface area contributed by atoms with Gasteiger partial charge in [0.1, 0.15) is 10.8 Å². The van der Waals surface area contributed by atoms with Gasteiger partial charge in [-0.05, 0) is 50.2 Å². The van der Waals surface area contributed by atoms with Crippen LogP contribution in [0.1, 0.15) is 58.3 Å². The fourth-order valence-electron chi connectivity index (χ4n) is 3.36. The number of ketones is 1. The molecule has 0 spiro atoms. The van der Waals surface area contributed by atoms with Crippen molar-refractivity contribution in [2.75, 3.05) is 18.5 Å². The molecular weight excluding hydrogens is 462 g/mol. The molecule has 0 aliphatic rings. The van der Waals surface area contributed by atoms with Gasteiger partial charge in [0.15, 0.2) is 11.5 Å². The standard InChI is InChI=1S/C16H15N7OS.C9H20O/c1-9-8-23-13(11-5-18-19-6-11)7-17-16(23)15(20-9)21-14-4-12(22-25-14)3-10(2)24;1-4-7-10-8-6-9(3)5-2/h4-8H,3H2,1-2H3,(H,18,19)(H,20,21);9H,4-8H2,1-3H3. The van der Waals surface area contributed by atoms with E-state index in [1.54, 1.807) is 19.3 Å². The van der Waals surface area contributed by atoms with E-state index in [4.69, 9.17) is 4.74 Å². The molecule has 0 fully saturated rings. The minimum atomic E-state index is 0.0888. The van der Waals surface area contributed by atoms with E-state index in [1.807, 2.05) is 29.8 Å². The summed E-state index contributed by atoms with van der Waals surface area (Å²) in [6.07, 6.45) is 11.3. The van der Waals surface area contributed by atoms with Crippen LogP contribution in [0.4, 0.5) is 10.8 Å². The van der Waals surface area contributed by atoms with Crippen molar-refractivity contribution in [1.29, 1.82) is 0 Å². The first-order valence-corrected chi connectivity index (χ1v) is 12.8. The van der Waals surface area contributed by atoms with Gasteiger partial charge < -0.3 is 10.1 Å². The highest BCUT2D eigenvalue weighted by Gasteiger charge is 2.14. The first-order chi connectivity index (χ1) is 16.9. The Bertz CT molecular complexity index is 1200. The zero-order valence-electron chi connectivity index (χ0n) is 21.2. The first kappa shape index (κ1) is 26.5. The summed E-state index contributed by atoms with van der Waals surface area (Å²) in [5.41, 5.74) is 4.20. The number of hydrogen-bond donors (Lipinski definition) is 2. The van der Waals surface area contributed by atoms with E-state index in [9.17, 15) is 4.79 Å². The maximum absolute atomic E-state index is 11.2. The van der Waals surface area contributed by atoms with Crippen LogP contribution < -0.4 is 5.32 Å². The van der Waals surface area contributed by atoms with Gasteiger partial charge in [0.25, 0.3) is 0 Å². The Morgan fingerprint density at radius 1 is 1.29 bits per heavy atom. The number of aromatic nitrogens is 6. The number of fused-ring (bicyclic) bond motifs is 1. The van der Waals surface area contributed by atoms with Crippen LogP contribution in [0.25, 0.3) is 16.9 Å². The number of Topliss-reactive ketones (excluding diaryl/α,β-unsaturated/α-hetero) is 1. The number of aromatic amines is 1. The van der Waals surface area contributed by atoms with Crippen LogP contribution in [-0.4, -0.2) is 47.9 Å². The number of carbonyl (C=O) groups excluding carboxylic acids is 1. The molecule has 1 atom stereocenters. The number of imidazole rings is 1. The number of rotatable bonds is 11. The summed E-state index contributed by atoms with van der Waals surface area (Å²) in [7, 11) is 0. The van der Waals surface area contributed by atoms with E-state index in [2.05, 4.69) is 50.6 Å². The second kappa shape index (κ2) is 13.1. The van der Waals surface area contributed by atoms with Gasteiger partial charge in [-0.15, -0.1) is 0 Å². The Labute approximate surface area is 210 Å². The number of ether oxygens (including phenoxy) is 1. The molecule has 0 aliphatic carbocycles. The lowest BCUT2D eigenvalue weighted by Crippen LogP contribution is -2.01. The Kier molecular flexibility index (Phi) is 9.92. The number of hydrogen-bond acceptors (Lipinski definition) is 8. The second-order valence-electron chi connectivity index (χ2n) is 8.66. The van der Waals surface area contributed by atoms with Gasteiger partial charge in [-0.25, -0.2) is 9.97 Å². The van der Waals surface area contributed by atoms with E-state index >= 15 is 0 Å². The average Bonchev–Trinajstić information content (AvgIpc) is 3.58. The van der Waals surface area contributed by atoms with Crippen LogP contribution in [0.3, 0.4) is 0 Å². The molecule has 2 N–H and O–H groups in total. The first-order valence-electron chi connectivity index (χ1n) is 12.0. The van der Waals surface area contributed by atoms with Crippen molar-refractivity contribution in [2.24, 2.45) is 5.92 Å². The Morgan fingerprint density at radius 2 is 2.11 bits per heavy atom. The predicted octanol–water partition coefficient (Wildman–Crippen LogP) is 5.61. The number of H-pyrrole nitrogens is 1. The lowest BCUT2D eigenvalue weighted by atomic mass is 10.1. The van der Waals surface area contributed by atoms with Gasteiger partial charge in [0, 0.05) is 37.6 Å². The van der Waals surface area contributed by atoms with Gasteiger partial charge in [0.2, 0.25) is 0 Å². The maximum Gasteiger partial charge on any atom is 0.180 e. The highest BCUT2D eigenvalue weighted by atomic mass is 32.1. The van der Waals surface area contributed by atoms with E-state index in [0.717, 1.165) is 53.2 Å². The third-order valence-corrected chi connectivity index (χ3v) is 6.18. The van der Waals surface area contributed by atoms with Gasteiger partial charge in [-0.1, -0.05) is 27.2 Å². The predicted molar refractivity (Wildman–Crippen MR) is 140 cm³/mol. The number of anilines is 2. The highest BCUT2D eigenvalue weighted by molar-refractivity contribution is 7.10. The SMILES string of the molecule is CC(=O)Cc1cc(Nc2nc(C)cn3c(-c4cn[nH]c4)cnc23)sn1.CCCOCCC(C)CC. The molecule has 0 bridgehead atoms. The average molecular weight is 498 g/mol. The zero-order valence-corrected chi connectivity index (χ0v) is 22.0. The largest absolute Gasteiger partial charge is 0.381 e. The summed E-state index contributed by atoms with van der Waals surface area (Å²) >= 11 is 1.30. The monoisotopic (exact) mass is 497 g/mol. The van der Waals surface area contributed by atoms with E-state index < -0.39 is 0 Å². The zero-order chi connectivity index (χ0) is 25.2. The molecular formula is C25H35N7O2S. The summed E-state index contributed by atoms with van der Waals surface area (Å²) in [5, 5.41) is 10.9. The van der Waals surface area contributed by atoms with Crippen LogP contribution in [0.5, 0.6) is 0 Å². The third kappa shape index (κ3) is 7.69. The van der Waals surface area contributed by atoms with Crippen molar-refractivity contribution < 1.29 is 9.53 Å². The molecule has 10 heteroatoms. The number of aryl methyl sites for hydroxylation is 1. The molecule has 35 heavy (non-hydrogen) atoms. The Morgan fingerprint density at radius 3 is 2.80 bits per heavy atom.